The molecule has 1 N–H and O–H groups in total. The second kappa shape index (κ2) is 6.82. The van der Waals surface area contributed by atoms with Gasteiger partial charge in [-0.15, -0.1) is 11.6 Å². The lowest BCUT2D eigenvalue weighted by atomic mass is 10.2. The average Bonchev–Trinajstić information content (AvgIpc) is 2.95. The van der Waals surface area contributed by atoms with Gasteiger partial charge in [0.2, 0.25) is 14.2 Å². The molecule has 6 nitrogen and oxygen atoms in total. The highest BCUT2D eigenvalue weighted by molar-refractivity contribution is 9.10. The summed E-state index contributed by atoms with van der Waals surface area (Å²) in [6.45, 7) is 0.0448. The lowest BCUT2D eigenvalue weighted by molar-refractivity contribution is 0.0950. The Morgan fingerprint density at radius 1 is 1.33 bits per heavy atom. The van der Waals surface area contributed by atoms with Crippen LogP contribution in [0.4, 0.5) is 0 Å². The number of rotatable bonds is 5. The molecule has 0 aliphatic rings. The molecule has 112 valence electrons. The number of aromatic nitrogens is 2. The normalized spacial score (nSPS) is 11.3. The van der Waals surface area contributed by atoms with Gasteiger partial charge in [-0.1, -0.05) is 15.9 Å². The second-order valence-electron chi connectivity index (χ2n) is 3.89. The predicted molar refractivity (Wildman–Crippen MR) is 83.1 cm³/mol. The first-order valence-electron chi connectivity index (χ1n) is 5.57. The topological polar surface area (TPSA) is 89.0 Å². The van der Waals surface area contributed by atoms with Crippen molar-refractivity contribution in [2.45, 2.75) is 10.9 Å². The Hall–Kier alpha value is -1.03. The number of hydrogen-bond donors (Lipinski definition) is 1. The minimum atomic E-state index is -3.58. The van der Waals surface area contributed by atoms with E-state index in [9.17, 15) is 13.2 Å². The first-order chi connectivity index (χ1) is 9.92. The van der Waals surface area contributed by atoms with E-state index in [2.05, 4.69) is 30.6 Å². The summed E-state index contributed by atoms with van der Waals surface area (Å²) in [6.07, 6.45) is 0. The number of hydrogen-bond acceptors (Lipinski definition) is 6. The van der Waals surface area contributed by atoms with Crippen LogP contribution in [-0.2, 0) is 16.4 Å². The Morgan fingerprint density at radius 2 is 2.00 bits per heavy atom. The van der Waals surface area contributed by atoms with E-state index in [1.54, 1.807) is 24.3 Å². The number of amides is 1. The lowest BCUT2D eigenvalue weighted by Gasteiger charge is -2.02. The summed E-state index contributed by atoms with van der Waals surface area (Å²) in [5, 5.41) is 2.07. The summed E-state index contributed by atoms with van der Waals surface area (Å²) < 4.78 is 27.6. The first kappa shape index (κ1) is 16.3. The van der Waals surface area contributed by atoms with Gasteiger partial charge < -0.3 is 5.32 Å². The molecular formula is C11H9BrClN3O3S2. The van der Waals surface area contributed by atoms with Crippen LogP contribution in [0.15, 0.2) is 33.1 Å². The summed E-state index contributed by atoms with van der Waals surface area (Å²) in [5.74, 6) is -0.0618. The lowest BCUT2D eigenvalue weighted by Crippen LogP contribution is -2.23. The Balaban J connectivity index is 2.00. The quantitative estimate of drug-likeness (QED) is 0.763. The van der Waals surface area contributed by atoms with Crippen molar-refractivity contribution in [1.29, 1.82) is 0 Å². The van der Waals surface area contributed by atoms with Crippen molar-refractivity contribution < 1.29 is 13.2 Å². The number of sulfone groups is 1. The first-order valence-corrected chi connectivity index (χ1v) is 9.33. The van der Waals surface area contributed by atoms with E-state index in [1.807, 2.05) is 0 Å². The molecule has 0 aliphatic heterocycles. The summed E-state index contributed by atoms with van der Waals surface area (Å²) in [7, 11) is -3.58. The molecule has 0 unspecified atom stereocenters. The molecule has 1 heterocycles. The van der Waals surface area contributed by atoms with Crippen LogP contribution in [0.1, 0.15) is 16.2 Å². The maximum atomic E-state index is 11.9. The molecule has 0 radical (unpaired) electrons. The molecule has 2 aromatic rings. The summed E-state index contributed by atoms with van der Waals surface area (Å²) >= 11 is 9.35. The van der Waals surface area contributed by atoms with Crippen molar-refractivity contribution in [3.05, 3.63) is 40.1 Å². The van der Waals surface area contributed by atoms with Gasteiger partial charge in [-0.25, -0.2) is 13.4 Å². The fourth-order valence-corrected chi connectivity index (χ4v) is 3.63. The molecule has 2 rings (SSSR count). The molecule has 0 aliphatic carbocycles. The zero-order valence-electron chi connectivity index (χ0n) is 10.4. The number of carbonyl (C=O) groups is 1. The second-order valence-corrected chi connectivity index (χ2v) is 8.30. The maximum absolute atomic E-state index is 11.9. The fraction of sp³-hybridized carbons (Fsp3) is 0.182. The summed E-state index contributed by atoms with van der Waals surface area (Å²) in [4.78, 5) is 15.7. The Labute approximate surface area is 138 Å². The Morgan fingerprint density at radius 3 is 2.62 bits per heavy atom. The van der Waals surface area contributed by atoms with Crippen LogP contribution in [0.2, 0.25) is 0 Å². The Bertz CT molecular complexity index is 746. The average molecular weight is 411 g/mol. The zero-order chi connectivity index (χ0) is 15.5. The summed E-state index contributed by atoms with van der Waals surface area (Å²) in [6, 6.07) is 6.83. The van der Waals surface area contributed by atoms with Crippen molar-refractivity contribution in [2.75, 3.05) is 5.21 Å². The number of nitrogens with zero attached hydrogens (tertiary/aromatic N) is 2. The third-order valence-electron chi connectivity index (χ3n) is 2.37. The van der Waals surface area contributed by atoms with Gasteiger partial charge in [-0.2, -0.15) is 4.37 Å². The monoisotopic (exact) mass is 409 g/mol. The van der Waals surface area contributed by atoms with Gasteiger partial charge in [-0.3, -0.25) is 4.79 Å². The molecule has 0 saturated carbocycles. The highest BCUT2D eigenvalue weighted by Crippen LogP contribution is 2.15. The molecule has 0 atom stereocenters. The van der Waals surface area contributed by atoms with Crippen LogP contribution < -0.4 is 5.32 Å². The SMILES string of the molecule is O=C(NCc1nsc(S(=O)(=O)CCl)n1)c1ccc(Br)cc1. The number of benzene rings is 1. The fourth-order valence-electron chi connectivity index (χ4n) is 1.35. The van der Waals surface area contributed by atoms with E-state index < -0.39 is 15.0 Å². The smallest absolute Gasteiger partial charge is 0.251 e. The molecule has 1 aromatic carbocycles. The highest BCUT2D eigenvalue weighted by atomic mass is 79.9. The minimum absolute atomic E-state index is 0.0448. The van der Waals surface area contributed by atoms with Crippen LogP contribution in [0.5, 0.6) is 0 Å². The predicted octanol–water partition coefficient (Wildman–Crippen LogP) is 2.20. The van der Waals surface area contributed by atoms with Crippen LogP contribution in [-0.4, -0.2) is 28.9 Å². The van der Waals surface area contributed by atoms with E-state index in [4.69, 9.17) is 11.6 Å². The highest BCUT2D eigenvalue weighted by Gasteiger charge is 2.19. The van der Waals surface area contributed by atoms with Gasteiger partial charge in [0.1, 0.15) is 5.21 Å². The summed E-state index contributed by atoms with van der Waals surface area (Å²) in [5.41, 5.74) is 0.488. The molecule has 0 bridgehead atoms. The number of nitrogens with one attached hydrogen (secondary N) is 1. The van der Waals surface area contributed by atoms with Crippen LogP contribution >= 0.6 is 39.1 Å². The molecule has 0 fully saturated rings. The van der Waals surface area contributed by atoms with Crippen molar-refractivity contribution in [1.82, 2.24) is 14.7 Å². The third-order valence-corrected chi connectivity index (χ3v) is 6.21. The number of carbonyl (C=O) groups excluding carboxylic acids is 1. The van der Waals surface area contributed by atoms with E-state index in [0.29, 0.717) is 5.56 Å². The van der Waals surface area contributed by atoms with Gasteiger partial charge in [0.15, 0.2) is 5.82 Å². The maximum Gasteiger partial charge on any atom is 0.251 e. The van der Waals surface area contributed by atoms with Gasteiger partial charge in [0.05, 0.1) is 6.54 Å². The third kappa shape index (κ3) is 4.22. The Kier molecular flexibility index (Phi) is 5.31. The molecule has 0 spiro atoms. The standard InChI is InChI=1S/C11H9BrClN3O3S2/c12-8-3-1-7(2-4-8)10(17)14-5-9-15-11(20-16-9)21(18,19)6-13/h1-4H,5-6H2,(H,14,17). The molecule has 1 amide bonds. The molecule has 10 heteroatoms. The van der Waals surface area contributed by atoms with E-state index >= 15 is 0 Å². The van der Waals surface area contributed by atoms with E-state index in [1.165, 1.54) is 0 Å². The van der Waals surface area contributed by atoms with E-state index in [0.717, 1.165) is 16.0 Å². The van der Waals surface area contributed by atoms with E-state index in [-0.39, 0.29) is 22.6 Å². The molecule has 1 aromatic heterocycles. The van der Waals surface area contributed by atoms with Crippen LogP contribution in [0.25, 0.3) is 0 Å². The van der Waals surface area contributed by atoms with Crippen LogP contribution in [0, 0.1) is 0 Å². The van der Waals surface area contributed by atoms with Crippen molar-refractivity contribution in [3.63, 3.8) is 0 Å². The van der Waals surface area contributed by atoms with Crippen molar-refractivity contribution in [3.8, 4) is 0 Å². The van der Waals surface area contributed by atoms with Gasteiger partial charge >= 0.3 is 0 Å². The van der Waals surface area contributed by atoms with Gasteiger partial charge in [0, 0.05) is 10.0 Å². The van der Waals surface area contributed by atoms with Crippen LogP contribution in [0.3, 0.4) is 0 Å². The molecule has 0 saturated heterocycles. The molecular weight excluding hydrogens is 402 g/mol. The zero-order valence-corrected chi connectivity index (χ0v) is 14.4. The van der Waals surface area contributed by atoms with Crippen molar-refractivity contribution >= 4 is 54.8 Å². The van der Waals surface area contributed by atoms with Crippen molar-refractivity contribution in [2.24, 2.45) is 0 Å². The largest absolute Gasteiger partial charge is 0.345 e. The van der Waals surface area contributed by atoms with Gasteiger partial charge in [-0.05, 0) is 35.8 Å². The number of alkyl halides is 1. The minimum Gasteiger partial charge on any atom is -0.345 e. The van der Waals surface area contributed by atoms with Gasteiger partial charge in [0.25, 0.3) is 5.91 Å². The molecule has 21 heavy (non-hydrogen) atoms. The number of halogens is 2.